The van der Waals surface area contributed by atoms with Crippen molar-refractivity contribution in [2.45, 2.75) is 6.29 Å². The van der Waals surface area contributed by atoms with Gasteiger partial charge in [-0.15, -0.1) is 0 Å². The van der Waals surface area contributed by atoms with Gasteiger partial charge in [0, 0.05) is 7.11 Å². The highest BCUT2D eigenvalue weighted by Crippen LogP contribution is 2.17. The molecular formula is C8H10O5. The van der Waals surface area contributed by atoms with Crippen LogP contribution in [0.4, 0.5) is 0 Å². The molecule has 1 aromatic heterocycles. The molecule has 0 spiro atoms. The van der Waals surface area contributed by atoms with E-state index >= 15 is 0 Å². The van der Waals surface area contributed by atoms with E-state index in [1.807, 2.05) is 0 Å². The third kappa shape index (κ3) is 2.07. The number of esters is 1. The summed E-state index contributed by atoms with van der Waals surface area (Å²) < 4.78 is 13.9. The molecule has 0 saturated heterocycles. The predicted octanol–water partition coefficient (Wildman–Crippen LogP) is 0.704. The van der Waals surface area contributed by atoms with Crippen LogP contribution in [0.5, 0.6) is 0 Å². The molecule has 0 saturated carbocycles. The van der Waals surface area contributed by atoms with Crippen LogP contribution in [0.15, 0.2) is 16.5 Å². The summed E-state index contributed by atoms with van der Waals surface area (Å²) in [6.45, 7) is 0. The van der Waals surface area contributed by atoms with Crippen LogP contribution in [0.1, 0.15) is 22.6 Å². The molecule has 0 fully saturated rings. The number of carbonyl (C=O) groups excluding carboxylic acids is 1. The standard InChI is InChI=1S/C8H10O5/c1-11-7(9)5-3-4-6(13-5)8(10)12-2/h3-4,7,9H,1-2H3. The highest BCUT2D eigenvalue weighted by molar-refractivity contribution is 5.86. The van der Waals surface area contributed by atoms with Gasteiger partial charge in [-0.2, -0.15) is 0 Å². The lowest BCUT2D eigenvalue weighted by Gasteiger charge is -2.02. The molecule has 0 aliphatic heterocycles. The molecular weight excluding hydrogens is 176 g/mol. The van der Waals surface area contributed by atoms with E-state index in [9.17, 15) is 4.79 Å². The van der Waals surface area contributed by atoms with Gasteiger partial charge in [0.1, 0.15) is 0 Å². The number of aliphatic hydroxyl groups is 1. The van der Waals surface area contributed by atoms with E-state index in [-0.39, 0.29) is 11.5 Å². The zero-order chi connectivity index (χ0) is 9.84. The van der Waals surface area contributed by atoms with Crippen molar-refractivity contribution in [1.29, 1.82) is 0 Å². The average molecular weight is 186 g/mol. The second-order valence-electron chi connectivity index (χ2n) is 2.28. The van der Waals surface area contributed by atoms with Crippen molar-refractivity contribution in [1.82, 2.24) is 0 Å². The SMILES string of the molecule is COC(=O)c1ccc(C(O)OC)o1. The molecule has 0 radical (unpaired) electrons. The molecule has 1 aromatic rings. The van der Waals surface area contributed by atoms with Crippen molar-refractivity contribution in [3.63, 3.8) is 0 Å². The first-order valence-electron chi connectivity index (χ1n) is 3.58. The van der Waals surface area contributed by atoms with E-state index in [4.69, 9.17) is 9.52 Å². The number of rotatable bonds is 3. The van der Waals surface area contributed by atoms with Gasteiger partial charge >= 0.3 is 5.97 Å². The lowest BCUT2D eigenvalue weighted by atomic mass is 10.4. The number of hydrogen-bond donors (Lipinski definition) is 1. The van der Waals surface area contributed by atoms with Crippen molar-refractivity contribution in [2.75, 3.05) is 14.2 Å². The summed E-state index contributed by atoms with van der Waals surface area (Å²) in [5.74, 6) is -0.383. The number of methoxy groups -OCH3 is 2. The van der Waals surface area contributed by atoms with Crippen molar-refractivity contribution < 1.29 is 23.8 Å². The van der Waals surface area contributed by atoms with E-state index in [0.29, 0.717) is 0 Å². The zero-order valence-corrected chi connectivity index (χ0v) is 7.31. The largest absolute Gasteiger partial charge is 0.463 e. The molecule has 0 aromatic carbocycles. The maximum absolute atomic E-state index is 10.9. The van der Waals surface area contributed by atoms with Crippen molar-refractivity contribution in [2.24, 2.45) is 0 Å². The minimum atomic E-state index is -1.15. The first kappa shape index (κ1) is 9.76. The summed E-state index contributed by atoms with van der Waals surface area (Å²) in [4.78, 5) is 10.9. The van der Waals surface area contributed by atoms with Gasteiger partial charge in [-0.1, -0.05) is 0 Å². The zero-order valence-electron chi connectivity index (χ0n) is 7.31. The van der Waals surface area contributed by atoms with E-state index in [2.05, 4.69) is 9.47 Å². The third-order valence-electron chi connectivity index (χ3n) is 1.48. The molecule has 0 aliphatic rings. The second-order valence-corrected chi connectivity index (χ2v) is 2.28. The van der Waals surface area contributed by atoms with Gasteiger partial charge in [-0.3, -0.25) is 0 Å². The summed E-state index contributed by atoms with van der Waals surface area (Å²) in [6.07, 6.45) is -1.15. The van der Waals surface area contributed by atoms with Gasteiger partial charge in [-0.05, 0) is 12.1 Å². The minimum Gasteiger partial charge on any atom is -0.463 e. The second kappa shape index (κ2) is 4.06. The highest BCUT2D eigenvalue weighted by atomic mass is 16.6. The maximum Gasteiger partial charge on any atom is 0.373 e. The highest BCUT2D eigenvalue weighted by Gasteiger charge is 2.15. The molecule has 0 aliphatic carbocycles. The van der Waals surface area contributed by atoms with Crippen molar-refractivity contribution >= 4 is 5.97 Å². The van der Waals surface area contributed by atoms with E-state index < -0.39 is 12.3 Å². The average Bonchev–Trinajstić information content (AvgIpc) is 2.64. The van der Waals surface area contributed by atoms with Gasteiger partial charge < -0.3 is 19.0 Å². The molecule has 1 unspecified atom stereocenters. The van der Waals surface area contributed by atoms with Crippen LogP contribution >= 0.6 is 0 Å². The number of carbonyl (C=O) groups is 1. The van der Waals surface area contributed by atoms with E-state index in [0.717, 1.165) is 0 Å². The fraction of sp³-hybridized carbons (Fsp3) is 0.375. The summed E-state index contributed by atoms with van der Waals surface area (Å²) in [5.41, 5.74) is 0. The van der Waals surface area contributed by atoms with Gasteiger partial charge in [0.2, 0.25) is 12.1 Å². The molecule has 0 amide bonds. The Labute approximate surface area is 74.9 Å². The summed E-state index contributed by atoms with van der Waals surface area (Å²) in [7, 11) is 2.57. The summed E-state index contributed by atoms with van der Waals surface area (Å²) >= 11 is 0. The van der Waals surface area contributed by atoms with Crippen LogP contribution < -0.4 is 0 Å². The molecule has 5 nitrogen and oxygen atoms in total. The van der Waals surface area contributed by atoms with Crippen LogP contribution in [0, 0.1) is 0 Å². The van der Waals surface area contributed by atoms with Crippen LogP contribution in [-0.4, -0.2) is 25.3 Å². The van der Waals surface area contributed by atoms with Gasteiger partial charge in [-0.25, -0.2) is 4.79 Å². The van der Waals surface area contributed by atoms with Gasteiger partial charge in [0.25, 0.3) is 0 Å². The lowest BCUT2D eigenvalue weighted by molar-refractivity contribution is -0.0906. The van der Waals surface area contributed by atoms with Gasteiger partial charge in [0.05, 0.1) is 7.11 Å². The minimum absolute atomic E-state index is 0.0357. The number of hydrogen-bond acceptors (Lipinski definition) is 5. The molecule has 1 N–H and O–H groups in total. The summed E-state index contributed by atoms with van der Waals surface area (Å²) in [5, 5.41) is 9.13. The van der Waals surface area contributed by atoms with Crippen LogP contribution in [-0.2, 0) is 9.47 Å². The maximum atomic E-state index is 10.9. The number of aliphatic hydroxyl groups excluding tert-OH is 1. The molecule has 5 heteroatoms. The molecule has 13 heavy (non-hydrogen) atoms. The molecule has 1 heterocycles. The summed E-state index contributed by atoms with van der Waals surface area (Å²) in [6, 6.07) is 2.85. The van der Waals surface area contributed by atoms with Crippen LogP contribution in [0.2, 0.25) is 0 Å². The first-order chi connectivity index (χ1) is 6.19. The molecule has 1 atom stereocenters. The Bertz CT molecular complexity index is 290. The Morgan fingerprint density at radius 3 is 2.77 bits per heavy atom. The van der Waals surface area contributed by atoms with Gasteiger partial charge in [0.15, 0.2) is 5.76 Å². The Morgan fingerprint density at radius 1 is 1.54 bits per heavy atom. The normalized spacial score (nSPS) is 12.5. The fourth-order valence-corrected chi connectivity index (χ4v) is 0.812. The van der Waals surface area contributed by atoms with E-state index in [1.165, 1.54) is 26.4 Å². The van der Waals surface area contributed by atoms with E-state index in [1.54, 1.807) is 0 Å². The monoisotopic (exact) mass is 186 g/mol. The molecule has 0 bridgehead atoms. The van der Waals surface area contributed by atoms with Crippen molar-refractivity contribution in [3.05, 3.63) is 23.7 Å². The van der Waals surface area contributed by atoms with Crippen molar-refractivity contribution in [3.8, 4) is 0 Å². The lowest BCUT2D eigenvalue weighted by Crippen LogP contribution is -2.00. The Balaban J connectivity index is 2.80. The fourth-order valence-electron chi connectivity index (χ4n) is 0.812. The first-order valence-corrected chi connectivity index (χ1v) is 3.58. The quantitative estimate of drug-likeness (QED) is 0.556. The number of ether oxygens (including phenoxy) is 2. The Kier molecular flexibility index (Phi) is 3.05. The Hall–Kier alpha value is -1.33. The van der Waals surface area contributed by atoms with Crippen LogP contribution in [0.3, 0.4) is 0 Å². The smallest absolute Gasteiger partial charge is 0.373 e. The number of furan rings is 1. The topological polar surface area (TPSA) is 68.9 Å². The molecule has 1 rings (SSSR count). The predicted molar refractivity (Wildman–Crippen MR) is 42.0 cm³/mol. The van der Waals surface area contributed by atoms with Crippen LogP contribution in [0.25, 0.3) is 0 Å². The third-order valence-corrected chi connectivity index (χ3v) is 1.48. The molecule has 72 valence electrons. The Morgan fingerprint density at radius 2 is 2.23 bits per heavy atom.